The smallest absolute Gasteiger partial charge is 0.226 e. The van der Waals surface area contributed by atoms with Crippen LogP contribution in [0.25, 0.3) is 5.69 Å². The molecule has 0 fully saturated rings. The lowest BCUT2D eigenvalue weighted by molar-refractivity contribution is -0.116. The molecular weight excluding hydrogens is 357 g/mol. The van der Waals surface area contributed by atoms with E-state index in [2.05, 4.69) is 10.4 Å². The van der Waals surface area contributed by atoms with Crippen LogP contribution in [0.15, 0.2) is 42.5 Å². The van der Waals surface area contributed by atoms with Gasteiger partial charge in [0.25, 0.3) is 0 Å². The van der Waals surface area contributed by atoms with Gasteiger partial charge in [0.2, 0.25) is 5.91 Å². The average Bonchev–Trinajstić information content (AvgIpc) is 2.99. The van der Waals surface area contributed by atoms with Gasteiger partial charge in [-0.15, -0.1) is 0 Å². The largest absolute Gasteiger partial charge is 0.310 e. The number of halogens is 1. The Morgan fingerprint density at radius 2 is 1.86 bits per heavy atom. The van der Waals surface area contributed by atoms with Crippen LogP contribution in [0.4, 0.5) is 10.2 Å². The van der Waals surface area contributed by atoms with Crippen LogP contribution in [0.1, 0.15) is 45.1 Å². The van der Waals surface area contributed by atoms with Crippen LogP contribution in [0.5, 0.6) is 0 Å². The van der Waals surface area contributed by atoms with E-state index in [-0.39, 0.29) is 23.9 Å². The zero-order chi connectivity index (χ0) is 20.0. The monoisotopic (exact) mass is 377 g/mol. The molecule has 0 saturated carbocycles. The second kappa shape index (κ2) is 6.71. The highest BCUT2D eigenvalue weighted by atomic mass is 19.1. The van der Waals surface area contributed by atoms with Crippen molar-refractivity contribution in [1.29, 1.82) is 0 Å². The first-order valence-electron chi connectivity index (χ1n) is 9.12. The van der Waals surface area contributed by atoms with E-state index < -0.39 is 5.92 Å². The second-order valence-corrected chi connectivity index (χ2v) is 7.22. The van der Waals surface area contributed by atoms with Gasteiger partial charge >= 0.3 is 0 Å². The summed E-state index contributed by atoms with van der Waals surface area (Å²) in [5.74, 6) is -0.797. The first-order valence-corrected chi connectivity index (χ1v) is 9.12. The molecule has 0 spiro atoms. The lowest BCUT2D eigenvalue weighted by Crippen LogP contribution is -2.28. The Balaban J connectivity index is 1.83. The van der Waals surface area contributed by atoms with Crippen molar-refractivity contribution in [2.24, 2.45) is 0 Å². The predicted octanol–water partition coefficient (Wildman–Crippen LogP) is 4.25. The van der Waals surface area contributed by atoms with E-state index in [1.165, 1.54) is 12.1 Å². The maximum absolute atomic E-state index is 13.4. The summed E-state index contributed by atoms with van der Waals surface area (Å²) in [5.41, 5.74) is 4.50. The van der Waals surface area contributed by atoms with Crippen LogP contribution in [0.3, 0.4) is 0 Å². The lowest BCUT2D eigenvalue weighted by Gasteiger charge is -2.24. The number of aromatic nitrogens is 2. The van der Waals surface area contributed by atoms with E-state index in [4.69, 9.17) is 0 Å². The summed E-state index contributed by atoms with van der Waals surface area (Å²) in [7, 11) is 0. The standard InChI is InChI=1S/C22H20FN3O2/c1-12-4-5-13(2)17(10-12)21(28)18-11-19(27)24-22-20(18)14(3)25-26(22)16-8-6-15(23)7-9-16/h4-10,18H,11H2,1-3H3,(H,24,27)/t18-/m0/s1. The molecule has 0 radical (unpaired) electrons. The number of anilines is 1. The molecule has 1 aliphatic rings. The van der Waals surface area contributed by atoms with Crippen LogP contribution >= 0.6 is 0 Å². The molecule has 0 saturated heterocycles. The number of nitrogens with zero attached hydrogens (tertiary/aromatic N) is 2. The van der Waals surface area contributed by atoms with Gasteiger partial charge in [0.15, 0.2) is 5.78 Å². The number of fused-ring (bicyclic) bond motifs is 1. The number of hydrogen-bond acceptors (Lipinski definition) is 3. The van der Waals surface area contributed by atoms with Crippen molar-refractivity contribution in [1.82, 2.24) is 9.78 Å². The van der Waals surface area contributed by atoms with Gasteiger partial charge < -0.3 is 5.32 Å². The molecule has 1 amide bonds. The Hall–Kier alpha value is -3.28. The molecule has 2 heterocycles. The van der Waals surface area contributed by atoms with Gasteiger partial charge in [-0.25, -0.2) is 9.07 Å². The van der Waals surface area contributed by atoms with Crippen molar-refractivity contribution in [2.45, 2.75) is 33.1 Å². The van der Waals surface area contributed by atoms with Gasteiger partial charge in [-0.05, 0) is 56.7 Å². The number of amides is 1. The molecule has 2 aromatic carbocycles. The number of hydrogen-bond donors (Lipinski definition) is 1. The van der Waals surface area contributed by atoms with Crippen LogP contribution in [-0.4, -0.2) is 21.5 Å². The number of nitrogens with one attached hydrogen (secondary N) is 1. The first kappa shape index (κ1) is 18.1. The zero-order valence-corrected chi connectivity index (χ0v) is 15.9. The van der Waals surface area contributed by atoms with Crippen molar-refractivity contribution >= 4 is 17.5 Å². The van der Waals surface area contributed by atoms with Crippen molar-refractivity contribution in [3.05, 3.63) is 76.2 Å². The van der Waals surface area contributed by atoms with E-state index >= 15 is 0 Å². The molecule has 1 atom stereocenters. The average molecular weight is 377 g/mol. The Labute approximate surface area is 162 Å². The van der Waals surface area contributed by atoms with Crippen LogP contribution in [-0.2, 0) is 4.79 Å². The fraction of sp³-hybridized carbons (Fsp3) is 0.227. The number of ketones is 1. The normalized spacial score (nSPS) is 15.9. The maximum Gasteiger partial charge on any atom is 0.226 e. The summed E-state index contributed by atoms with van der Waals surface area (Å²) in [6.45, 7) is 5.65. The molecule has 142 valence electrons. The highest BCUT2D eigenvalue weighted by molar-refractivity contribution is 6.08. The third-order valence-electron chi connectivity index (χ3n) is 5.15. The molecule has 1 aliphatic heterocycles. The number of aryl methyl sites for hydroxylation is 3. The fourth-order valence-corrected chi connectivity index (χ4v) is 3.73. The third kappa shape index (κ3) is 3.01. The Morgan fingerprint density at radius 1 is 1.14 bits per heavy atom. The van der Waals surface area contributed by atoms with E-state index in [0.29, 0.717) is 22.8 Å². The van der Waals surface area contributed by atoms with Crippen molar-refractivity contribution in [2.75, 3.05) is 5.32 Å². The molecule has 0 aliphatic carbocycles. The molecule has 28 heavy (non-hydrogen) atoms. The number of Topliss-reactive ketones (excluding diaryl/α,β-unsaturated/α-hetero) is 1. The first-order chi connectivity index (χ1) is 13.3. The molecule has 6 heteroatoms. The van der Waals surface area contributed by atoms with Gasteiger partial charge in [-0.2, -0.15) is 5.10 Å². The lowest BCUT2D eigenvalue weighted by atomic mass is 9.84. The molecule has 5 nitrogen and oxygen atoms in total. The van der Waals surface area contributed by atoms with Crippen molar-refractivity contribution < 1.29 is 14.0 Å². The molecular formula is C22H20FN3O2. The molecule has 0 unspecified atom stereocenters. The van der Waals surface area contributed by atoms with Gasteiger partial charge in [-0.3, -0.25) is 9.59 Å². The third-order valence-corrected chi connectivity index (χ3v) is 5.15. The van der Waals surface area contributed by atoms with Crippen molar-refractivity contribution in [3.63, 3.8) is 0 Å². The summed E-state index contributed by atoms with van der Waals surface area (Å²) in [5, 5.41) is 7.36. The van der Waals surface area contributed by atoms with E-state index in [9.17, 15) is 14.0 Å². The minimum atomic E-state index is -0.599. The Bertz CT molecular complexity index is 1100. The summed E-state index contributed by atoms with van der Waals surface area (Å²) in [4.78, 5) is 25.8. The van der Waals surface area contributed by atoms with Gasteiger partial charge in [0.05, 0.1) is 17.3 Å². The number of carbonyl (C=O) groups excluding carboxylic acids is 2. The summed E-state index contributed by atoms with van der Waals surface area (Å²) in [6, 6.07) is 11.6. The van der Waals surface area contributed by atoms with Gasteiger partial charge in [0.1, 0.15) is 11.6 Å². The van der Waals surface area contributed by atoms with E-state index in [1.54, 1.807) is 16.8 Å². The van der Waals surface area contributed by atoms with Crippen LogP contribution in [0, 0.1) is 26.6 Å². The molecule has 3 aromatic rings. The summed E-state index contributed by atoms with van der Waals surface area (Å²) in [6.07, 6.45) is 0.0785. The maximum atomic E-state index is 13.4. The highest BCUT2D eigenvalue weighted by Crippen LogP contribution is 2.38. The molecule has 4 rings (SSSR count). The molecule has 1 aromatic heterocycles. The topological polar surface area (TPSA) is 64.0 Å². The fourth-order valence-electron chi connectivity index (χ4n) is 3.73. The minimum absolute atomic E-state index is 0.0785. The molecule has 0 bridgehead atoms. The summed E-state index contributed by atoms with van der Waals surface area (Å²) < 4.78 is 14.9. The minimum Gasteiger partial charge on any atom is -0.310 e. The quantitative estimate of drug-likeness (QED) is 0.694. The Kier molecular flexibility index (Phi) is 4.34. The van der Waals surface area contributed by atoms with E-state index in [1.807, 2.05) is 39.0 Å². The Morgan fingerprint density at radius 3 is 2.57 bits per heavy atom. The van der Waals surface area contributed by atoms with Crippen LogP contribution in [0.2, 0.25) is 0 Å². The molecule has 1 N–H and O–H groups in total. The van der Waals surface area contributed by atoms with E-state index in [0.717, 1.165) is 16.7 Å². The highest BCUT2D eigenvalue weighted by Gasteiger charge is 2.36. The number of carbonyl (C=O) groups is 2. The zero-order valence-electron chi connectivity index (χ0n) is 15.9. The predicted molar refractivity (Wildman–Crippen MR) is 104 cm³/mol. The SMILES string of the molecule is Cc1ccc(C)c(C(=O)[C@H]2CC(=O)Nc3c2c(C)nn3-c2ccc(F)cc2)c1. The van der Waals surface area contributed by atoms with Gasteiger partial charge in [0, 0.05) is 17.5 Å². The number of benzene rings is 2. The van der Waals surface area contributed by atoms with Crippen molar-refractivity contribution in [3.8, 4) is 5.69 Å². The number of rotatable bonds is 3. The van der Waals surface area contributed by atoms with Gasteiger partial charge in [-0.1, -0.05) is 17.7 Å². The van der Waals surface area contributed by atoms with Crippen LogP contribution < -0.4 is 5.32 Å². The second-order valence-electron chi connectivity index (χ2n) is 7.22. The summed E-state index contributed by atoms with van der Waals surface area (Å²) >= 11 is 0.